The third-order valence-corrected chi connectivity index (χ3v) is 8.93. The standard InChI is InChI=1S/C21H26N2O4S2/c1-16-9-10-20(28-16)29(25,26)23-11-5-8-18(14-23)21(24)22-12-13-27-19(15-22)17-6-3-2-4-7-17/h2-4,6-7,9-10,18-19H,5,8,11-15H2,1H3/t18-,19-/m0/s1. The summed E-state index contributed by atoms with van der Waals surface area (Å²) in [5.41, 5.74) is 1.06. The molecule has 2 aliphatic rings. The number of sulfonamides is 1. The van der Waals surface area contributed by atoms with E-state index in [0.717, 1.165) is 16.9 Å². The van der Waals surface area contributed by atoms with Gasteiger partial charge in [-0.15, -0.1) is 11.3 Å². The summed E-state index contributed by atoms with van der Waals surface area (Å²) < 4.78 is 33.7. The molecule has 6 nitrogen and oxygen atoms in total. The molecule has 0 radical (unpaired) electrons. The molecule has 3 heterocycles. The van der Waals surface area contributed by atoms with Crippen molar-refractivity contribution in [1.29, 1.82) is 0 Å². The lowest BCUT2D eigenvalue weighted by Gasteiger charge is -2.38. The van der Waals surface area contributed by atoms with Crippen molar-refractivity contribution in [3.8, 4) is 0 Å². The number of amides is 1. The molecule has 8 heteroatoms. The highest BCUT2D eigenvalue weighted by Gasteiger charge is 2.37. The summed E-state index contributed by atoms with van der Waals surface area (Å²) in [4.78, 5) is 16.0. The molecule has 0 unspecified atom stereocenters. The zero-order valence-electron chi connectivity index (χ0n) is 16.5. The maximum atomic E-state index is 13.2. The molecule has 1 amide bonds. The van der Waals surface area contributed by atoms with Gasteiger partial charge in [-0.25, -0.2) is 8.42 Å². The molecular formula is C21H26N2O4S2. The predicted octanol–water partition coefficient (Wildman–Crippen LogP) is 3.06. The van der Waals surface area contributed by atoms with Gasteiger partial charge in [0.25, 0.3) is 10.0 Å². The van der Waals surface area contributed by atoms with E-state index in [4.69, 9.17) is 4.74 Å². The smallest absolute Gasteiger partial charge is 0.252 e. The second-order valence-corrected chi connectivity index (χ2v) is 11.1. The normalized spacial score (nSPS) is 23.8. The highest BCUT2D eigenvalue weighted by molar-refractivity contribution is 7.91. The minimum atomic E-state index is -3.54. The first kappa shape index (κ1) is 20.5. The molecule has 2 aliphatic heterocycles. The van der Waals surface area contributed by atoms with Crippen molar-refractivity contribution in [3.05, 3.63) is 52.9 Å². The fourth-order valence-electron chi connectivity index (χ4n) is 4.02. The molecule has 0 bridgehead atoms. The third kappa shape index (κ3) is 4.40. The summed E-state index contributed by atoms with van der Waals surface area (Å²) in [6, 6.07) is 13.4. The fraction of sp³-hybridized carbons (Fsp3) is 0.476. The average Bonchev–Trinajstić information content (AvgIpc) is 3.21. The molecule has 1 aromatic carbocycles. The second-order valence-electron chi connectivity index (χ2n) is 7.62. The Hall–Kier alpha value is -1.74. The number of carbonyl (C=O) groups is 1. The predicted molar refractivity (Wildman–Crippen MR) is 112 cm³/mol. The van der Waals surface area contributed by atoms with Gasteiger partial charge in [0.15, 0.2) is 0 Å². The van der Waals surface area contributed by atoms with Crippen LogP contribution in [0.4, 0.5) is 0 Å². The van der Waals surface area contributed by atoms with Crippen LogP contribution in [0.25, 0.3) is 0 Å². The quantitative estimate of drug-likeness (QED) is 0.742. The minimum Gasteiger partial charge on any atom is -0.370 e. The van der Waals surface area contributed by atoms with Gasteiger partial charge in [-0.2, -0.15) is 4.31 Å². The first-order chi connectivity index (χ1) is 13.9. The van der Waals surface area contributed by atoms with Crippen LogP contribution in [-0.2, 0) is 19.6 Å². The lowest BCUT2D eigenvalue weighted by atomic mass is 9.97. The summed E-state index contributed by atoms with van der Waals surface area (Å²) in [5, 5.41) is 0. The van der Waals surface area contributed by atoms with Crippen LogP contribution in [0.1, 0.15) is 29.4 Å². The zero-order chi connectivity index (χ0) is 20.4. The molecule has 0 aliphatic carbocycles. The Kier molecular flexibility index (Phi) is 6.06. The van der Waals surface area contributed by atoms with E-state index in [1.165, 1.54) is 15.6 Å². The molecule has 2 atom stereocenters. The second kappa shape index (κ2) is 8.55. The number of nitrogens with zero attached hydrogens (tertiary/aromatic N) is 2. The van der Waals surface area contributed by atoms with Gasteiger partial charge in [-0.05, 0) is 37.5 Å². The summed E-state index contributed by atoms with van der Waals surface area (Å²) in [5.74, 6) is -0.259. The molecule has 4 rings (SSSR count). The molecule has 156 valence electrons. The summed E-state index contributed by atoms with van der Waals surface area (Å²) >= 11 is 1.28. The molecule has 2 saturated heterocycles. The van der Waals surface area contributed by atoms with E-state index in [1.807, 2.05) is 48.2 Å². The molecule has 2 fully saturated rings. The largest absolute Gasteiger partial charge is 0.370 e. The van der Waals surface area contributed by atoms with E-state index in [2.05, 4.69) is 0 Å². The van der Waals surface area contributed by atoms with Gasteiger partial charge in [0.1, 0.15) is 10.3 Å². The van der Waals surface area contributed by atoms with Crippen molar-refractivity contribution in [2.45, 2.75) is 30.1 Å². The van der Waals surface area contributed by atoms with Crippen LogP contribution in [0.5, 0.6) is 0 Å². The van der Waals surface area contributed by atoms with Crippen molar-refractivity contribution < 1.29 is 17.9 Å². The van der Waals surface area contributed by atoms with E-state index in [9.17, 15) is 13.2 Å². The van der Waals surface area contributed by atoms with Gasteiger partial charge in [0, 0.05) is 24.5 Å². The monoisotopic (exact) mass is 434 g/mol. The molecular weight excluding hydrogens is 408 g/mol. The summed E-state index contributed by atoms with van der Waals surface area (Å²) in [7, 11) is -3.54. The summed E-state index contributed by atoms with van der Waals surface area (Å²) in [6.07, 6.45) is 1.29. The van der Waals surface area contributed by atoms with Crippen molar-refractivity contribution in [3.63, 3.8) is 0 Å². The van der Waals surface area contributed by atoms with Crippen LogP contribution in [0.2, 0.25) is 0 Å². The minimum absolute atomic E-state index is 0.0384. The first-order valence-electron chi connectivity index (χ1n) is 9.97. The number of benzene rings is 1. The fourth-order valence-corrected chi connectivity index (χ4v) is 6.98. The van der Waals surface area contributed by atoms with E-state index < -0.39 is 10.0 Å². The maximum absolute atomic E-state index is 13.2. The van der Waals surface area contributed by atoms with Gasteiger partial charge < -0.3 is 9.64 Å². The molecule has 0 saturated carbocycles. The van der Waals surface area contributed by atoms with Gasteiger partial charge in [0.05, 0.1) is 19.1 Å². The van der Waals surface area contributed by atoms with Gasteiger partial charge in [0.2, 0.25) is 5.91 Å². The molecule has 2 aromatic rings. The van der Waals surface area contributed by atoms with E-state index in [-0.39, 0.29) is 24.5 Å². The first-order valence-corrected chi connectivity index (χ1v) is 12.2. The molecule has 0 spiro atoms. The number of piperidine rings is 1. The Morgan fingerprint density at radius 3 is 2.62 bits per heavy atom. The van der Waals surface area contributed by atoms with Gasteiger partial charge >= 0.3 is 0 Å². The Bertz CT molecular complexity index is 958. The van der Waals surface area contributed by atoms with Crippen molar-refractivity contribution in [2.24, 2.45) is 5.92 Å². The van der Waals surface area contributed by atoms with Gasteiger partial charge in [-0.3, -0.25) is 4.79 Å². The molecule has 0 N–H and O–H groups in total. The molecule has 29 heavy (non-hydrogen) atoms. The van der Waals surface area contributed by atoms with Crippen molar-refractivity contribution in [1.82, 2.24) is 9.21 Å². The van der Waals surface area contributed by atoms with E-state index in [1.54, 1.807) is 6.07 Å². The maximum Gasteiger partial charge on any atom is 0.252 e. The van der Waals surface area contributed by atoms with Crippen LogP contribution < -0.4 is 0 Å². The lowest BCUT2D eigenvalue weighted by molar-refractivity contribution is -0.144. The lowest BCUT2D eigenvalue weighted by Crippen LogP contribution is -2.49. The van der Waals surface area contributed by atoms with Crippen LogP contribution in [-0.4, -0.2) is 56.3 Å². The highest BCUT2D eigenvalue weighted by Crippen LogP contribution is 2.30. The number of thiophene rings is 1. The molecule has 1 aromatic heterocycles. The Morgan fingerprint density at radius 1 is 1.10 bits per heavy atom. The van der Waals surface area contributed by atoms with Gasteiger partial charge in [-0.1, -0.05) is 30.3 Å². The van der Waals surface area contributed by atoms with Crippen molar-refractivity contribution in [2.75, 3.05) is 32.8 Å². The number of hydrogen-bond donors (Lipinski definition) is 0. The van der Waals surface area contributed by atoms with Crippen molar-refractivity contribution >= 4 is 27.3 Å². The highest BCUT2D eigenvalue weighted by atomic mass is 32.2. The average molecular weight is 435 g/mol. The van der Waals surface area contributed by atoms with E-state index in [0.29, 0.717) is 36.9 Å². The van der Waals surface area contributed by atoms with Crippen LogP contribution in [0, 0.1) is 12.8 Å². The number of ether oxygens (including phenoxy) is 1. The zero-order valence-corrected chi connectivity index (χ0v) is 18.1. The number of morpholine rings is 1. The SMILES string of the molecule is Cc1ccc(S(=O)(=O)N2CCC[C@H](C(=O)N3CCO[C@H](c4ccccc4)C3)C2)s1. The topological polar surface area (TPSA) is 66.9 Å². The van der Waals surface area contributed by atoms with Crippen LogP contribution in [0.3, 0.4) is 0 Å². The number of rotatable bonds is 4. The third-order valence-electron chi connectivity index (χ3n) is 5.59. The van der Waals surface area contributed by atoms with Crippen LogP contribution >= 0.6 is 11.3 Å². The Morgan fingerprint density at radius 2 is 1.90 bits per heavy atom. The van der Waals surface area contributed by atoms with E-state index >= 15 is 0 Å². The number of hydrogen-bond acceptors (Lipinski definition) is 5. The summed E-state index contributed by atoms with van der Waals surface area (Å²) in [6.45, 7) is 4.18. The number of carbonyl (C=O) groups excluding carboxylic acids is 1. The van der Waals surface area contributed by atoms with Crippen LogP contribution in [0.15, 0.2) is 46.7 Å². The number of aryl methyl sites for hydroxylation is 1. The Balaban J connectivity index is 1.44. The Labute approximate surface area is 176 Å².